The predicted molar refractivity (Wildman–Crippen MR) is 138 cm³/mol. The maximum Gasteiger partial charge on any atom is 0.303 e. The molecule has 194 valence electrons. The van der Waals surface area contributed by atoms with Gasteiger partial charge in [-0.05, 0) is 20.3 Å². The van der Waals surface area contributed by atoms with Gasteiger partial charge in [-0.1, -0.05) is 30.3 Å². The van der Waals surface area contributed by atoms with Crippen molar-refractivity contribution in [2.45, 2.75) is 51.4 Å². The molecule has 2 aromatic carbocycles. The Labute approximate surface area is 215 Å². The standard InChI is InChI=1S/C29H31NO7/c1-29(2)16-20-26-21-14-22(31)19(10-11-25(32)33)17-30(21)28(18-8-5-4-6-9-18)36-23(26)15-24(27(20)37-29)35-13-7-12-34-3/h4-6,8-9,14-15,17,28H,7,10-13,16H2,1-3H3,(H,32,33). The average molecular weight is 506 g/mol. The van der Waals surface area contributed by atoms with Gasteiger partial charge in [-0.25, -0.2) is 0 Å². The highest BCUT2D eigenvalue weighted by molar-refractivity contribution is 5.79. The molecule has 1 unspecified atom stereocenters. The molecule has 0 saturated heterocycles. The summed E-state index contributed by atoms with van der Waals surface area (Å²) in [4.78, 5) is 24.3. The summed E-state index contributed by atoms with van der Waals surface area (Å²) < 4.78 is 26.1. The van der Waals surface area contributed by atoms with Gasteiger partial charge in [0.2, 0.25) is 6.23 Å². The Hall–Kier alpha value is -3.78. The lowest BCUT2D eigenvalue weighted by Gasteiger charge is -2.33. The number of fused-ring (bicyclic) bond motifs is 5. The van der Waals surface area contributed by atoms with Gasteiger partial charge in [-0.3, -0.25) is 9.59 Å². The molecule has 0 radical (unpaired) electrons. The molecule has 3 aromatic rings. The Bertz CT molecular complexity index is 1380. The number of aryl methyl sites for hydroxylation is 1. The Morgan fingerprint density at radius 3 is 2.70 bits per heavy atom. The van der Waals surface area contributed by atoms with Crippen LogP contribution in [0.15, 0.2) is 53.5 Å². The van der Waals surface area contributed by atoms with Crippen molar-refractivity contribution in [3.8, 4) is 28.5 Å². The Morgan fingerprint density at radius 2 is 1.97 bits per heavy atom. The molecule has 1 aromatic heterocycles. The van der Waals surface area contributed by atoms with Gasteiger partial charge in [-0.15, -0.1) is 0 Å². The molecule has 0 fully saturated rings. The molecule has 0 amide bonds. The summed E-state index contributed by atoms with van der Waals surface area (Å²) in [5.41, 5.74) is 3.14. The third-order valence-electron chi connectivity index (χ3n) is 6.64. The van der Waals surface area contributed by atoms with E-state index in [2.05, 4.69) is 0 Å². The molecule has 0 aliphatic carbocycles. The molecule has 0 bridgehead atoms. The topological polar surface area (TPSA) is 96.2 Å². The van der Waals surface area contributed by atoms with E-state index >= 15 is 0 Å². The zero-order chi connectivity index (χ0) is 26.2. The summed E-state index contributed by atoms with van der Waals surface area (Å²) in [7, 11) is 1.66. The maximum atomic E-state index is 13.1. The molecule has 2 aliphatic heterocycles. The Balaban J connectivity index is 1.67. The van der Waals surface area contributed by atoms with Gasteiger partial charge < -0.3 is 28.6 Å². The molecule has 0 spiro atoms. The molecule has 2 aliphatic rings. The normalized spacial score (nSPS) is 16.7. The fourth-order valence-corrected chi connectivity index (χ4v) is 4.99. The fourth-order valence-electron chi connectivity index (χ4n) is 4.99. The van der Waals surface area contributed by atoms with Gasteiger partial charge in [-0.2, -0.15) is 0 Å². The number of carboxylic acid groups (broad SMARTS) is 1. The maximum absolute atomic E-state index is 13.1. The fraction of sp³-hybridized carbons (Fsp3) is 0.379. The van der Waals surface area contributed by atoms with E-state index in [1.165, 1.54) is 0 Å². The van der Waals surface area contributed by atoms with Crippen LogP contribution in [-0.4, -0.2) is 41.6 Å². The summed E-state index contributed by atoms with van der Waals surface area (Å²) in [6, 6.07) is 13.2. The van der Waals surface area contributed by atoms with E-state index in [-0.39, 0.29) is 18.3 Å². The van der Waals surface area contributed by atoms with Gasteiger partial charge in [0.25, 0.3) is 0 Å². The first-order chi connectivity index (χ1) is 17.8. The van der Waals surface area contributed by atoms with Crippen LogP contribution in [0.2, 0.25) is 0 Å². The molecule has 8 heteroatoms. The number of carbonyl (C=O) groups is 1. The van der Waals surface area contributed by atoms with Crippen LogP contribution in [-0.2, 0) is 22.4 Å². The average Bonchev–Trinajstić information content (AvgIpc) is 3.20. The van der Waals surface area contributed by atoms with Crippen LogP contribution in [0.3, 0.4) is 0 Å². The molecular weight excluding hydrogens is 474 g/mol. The number of methoxy groups -OCH3 is 1. The minimum atomic E-state index is -0.946. The van der Waals surface area contributed by atoms with Crippen molar-refractivity contribution in [1.82, 2.24) is 4.57 Å². The molecule has 3 heterocycles. The van der Waals surface area contributed by atoms with Crippen molar-refractivity contribution >= 4 is 5.97 Å². The van der Waals surface area contributed by atoms with Crippen LogP contribution in [0.25, 0.3) is 11.3 Å². The van der Waals surface area contributed by atoms with Crippen LogP contribution in [0.1, 0.15) is 49.6 Å². The van der Waals surface area contributed by atoms with Crippen LogP contribution in [0.5, 0.6) is 17.2 Å². The second-order valence-electron chi connectivity index (χ2n) is 10.0. The van der Waals surface area contributed by atoms with E-state index in [1.807, 2.05) is 54.8 Å². The zero-order valence-electron chi connectivity index (χ0n) is 21.3. The van der Waals surface area contributed by atoms with Crippen molar-refractivity contribution < 1.29 is 28.8 Å². The van der Waals surface area contributed by atoms with Gasteiger partial charge >= 0.3 is 5.97 Å². The third kappa shape index (κ3) is 4.93. The smallest absolute Gasteiger partial charge is 0.303 e. The van der Waals surface area contributed by atoms with E-state index in [4.69, 9.17) is 18.9 Å². The van der Waals surface area contributed by atoms with Gasteiger partial charge in [0.15, 0.2) is 16.9 Å². The van der Waals surface area contributed by atoms with Gasteiger partial charge in [0.05, 0.1) is 12.3 Å². The van der Waals surface area contributed by atoms with Gasteiger partial charge in [0, 0.05) is 73.6 Å². The highest BCUT2D eigenvalue weighted by atomic mass is 16.5. The molecule has 1 atom stereocenters. The summed E-state index contributed by atoms with van der Waals surface area (Å²) in [5, 5.41) is 9.17. The minimum Gasteiger partial charge on any atom is -0.489 e. The summed E-state index contributed by atoms with van der Waals surface area (Å²) in [6.45, 7) is 5.10. The van der Waals surface area contributed by atoms with E-state index in [1.54, 1.807) is 19.4 Å². The highest BCUT2D eigenvalue weighted by Gasteiger charge is 2.40. The molecule has 1 N–H and O–H groups in total. The predicted octanol–water partition coefficient (Wildman–Crippen LogP) is 4.60. The van der Waals surface area contributed by atoms with Crippen LogP contribution in [0, 0.1) is 0 Å². The number of ether oxygens (including phenoxy) is 4. The first-order valence-electron chi connectivity index (χ1n) is 12.5. The van der Waals surface area contributed by atoms with Crippen LogP contribution >= 0.6 is 0 Å². The first kappa shape index (κ1) is 24.9. The summed E-state index contributed by atoms with van der Waals surface area (Å²) >= 11 is 0. The van der Waals surface area contributed by atoms with Crippen molar-refractivity contribution in [2.75, 3.05) is 20.3 Å². The Morgan fingerprint density at radius 1 is 1.19 bits per heavy atom. The number of rotatable bonds is 9. The zero-order valence-corrected chi connectivity index (χ0v) is 21.3. The quantitative estimate of drug-likeness (QED) is 0.425. The monoisotopic (exact) mass is 505 g/mol. The first-order valence-corrected chi connectivity index (χ1v) is 12.5. The second-order valence-corrected chi connectivity index (χ2v) is 10.0. The van der Waals surface area contributed by atoms with E-state index in [0.29, 0.717) is 48.1 Å². The van der Waals surface area contributed by atoms with E-state index < -0.39 is 17.8 Å². The number of aliphatic carboxylic acids is 1. The SMILES string of the molecule is COCCCOc1cc2c(c3c1OC(C)(C)C3)-c1cc(=O)c(CCC(=O)O)cn1C(c1ccccc1)O2. The summed E-state index contributed by atoms with van der Waals surface area (Å²) in [6.07, 6.45) is 2.57. The summed E-state index contributed by atoms with van der Waals surface area (Å²) in [5.74, 6) is 0.944. The van der Waals surface area contributed by atoms with E-state index in [9.17, 15) is 14.7 Å². The number of benzene rings is 2. The number of hydrogen-bond donors (Lipinski definition) is 1. The highest BCUT2D eigenvalue weighted by Crippen LogP contribution is 2.53. The van der Waals surface area contributed by atoms with Crippen LogP contribution < -0.4 is 19.6 Å². The Kier molecular flexibility index (Phi) is 6.69. The largest absolute Gasteiger partial charge is 0.489 e. The molecule has 37 heavy (non-hydrogen) atoms. The third-order valence-corrected chi connectivity index (χ3v) is 6.64. The number of carboxylic acids is 1. The number of aromatic nitrogens is 1. The number of pyridine rings is 1. The molecule has 0 saturated carbocycles. The van der Waals surface area contributed by atoms with Crippen LogP contribution in [0.4, 0.5) is 0 Å². The van der Waals surface area contributed by atoms with E-state index in [0.717, 1.165) is 23.1 Å². The number of nitrogens with zero attached hydrogens (tertiary/aromatic N) is 1. The van der Waals surface area contributed by atoms with Gasteiger partial charge in [0.1, 0.15) is 11.4 Å². The lowest BCUT2D eigenvalue weighted by atomic mass is 9.92. The lowest BCUT2D eigenvalue weighted by molar-refractivity contribution is -0.136. The van der Waals surface area contributed by atoms with Crippen molar-refractivity contribution in [3.05, 3.63) is 75.6 Å². The lowest BCUT2D eigenvalue weighted by Crippen LogP contribution is -2.27. The molecule has 5 rings (SSSR count). The second kappa shape index (κ2) is 9.94. The van der Waals surface area contributed by atoms with Crippen molar-refractivity contribution in [1.29, 1.82) is 0 Å². The molecular formula is C29H31NO7. The number of hydrogen-bond acceptors (Lipinski definition) is 6. The minimum absolute atomic E-state index is 0.122. The van der Waals surface area contributed by atoms with Crippen molar-refractivity contribution in [3.63, 3.8) is 0 Å². The van der Waals surface area contributed by atoms with Crippen molar-refractivity contribution in [2.24, 2.45) is 0 Å². The molecule has 8 nitrogen and oxygen atoms in total.